The van der Waals surface area contributed by atoms with Crippen LogP contribution in [0.4, 0.5) is 0 Å². The minimum Gasteiger partial charge on any atom is -0.497 e. The highest BCUT2D eigenvalue weighted by atomic mass is 16.8. The molecule has 1 fully saturated rings. The average Bonchev–Trinajstić information content (AvgIpc) is 3.10. The summed E-state index contributed by atoms with van der Waals surface area (Å²) in [6.45, 7) is 6.26. The molecule has 6 heteroatoms. The number of ether oxygens (including phenoxy) is 5. The summed E-state index contributed by atoms with van der Waals surface area (Å²) < 4.78 is 28.6. The Labute approximate surface area is 171 Å². The van der Waals surface area contributed by atoms with Gasteiger partial charge in [-0.2, -0.15) is 0 Å². The van der Waals surface area contributed by atoms with Crippen molar-refractivity contribution in [3.8, 4) is 5.75 Å². The molecule has 3 atom stereocenters. The van der Waals surface area contributed by atoms with E-state index in [4.69, 9.17) is 23.7 Å². The maximum absolute atomic E-state index is 12.6. The molecule has 1 heterocycles. The SMILES string of the molecule is COc1ccc(CO[C@@H](C)[C@H](OC(=O)c2ccccc2)[C@H]2COC(C)(C)O2)cc1. The lowest BCUT2D eigenvalue weighted by atomic mass is 10.1. The van der Waals surface area contributed by atoms with E-state index in [-0.39, 0.29) is 0 Å². The van der Waals surface area contributed by atoms with Crippen LogP contribution in [-0.2, 0) is 25.6 Å². The molecule has 0 unspecified atom stereocenters. The minimum atomic E-state index is -0.724. The Kier molecular flexibility index (Phi) is 6.90. The fraction of sp³-hybridized carbons (Fsp3) is 0.435. The summed E-state index contributed by atoms with van der Waals surface area (Å²) in [5.41, 5.74) is 1.48. The molecule has 0 N–H and O–H groups in total. The van der Waals surface area contributed by atoms with E-state index in [9.17, 15) is 4.79 Å². The normalized spacial score (nSPS) is 20.1. The van der Waals surface area contributed by atoms with Gasteiger partial charge in [0.25, 0.3) is 0 Å². The van der Waals surface area contributed by atoms with E-state index in [1.165, 1.54) is 0 Å². The van der Waals surface area contributed by atoms with E-state index in [2.05, 4.69) is 0 Å². The molecule has 0 aliphatic carbocycles. The lowest BCUT2D eigenvalue weighted by Gasteiger charge is -2.29. The van der Waals surface area contributed by atoms with Crippen molar-refractivity contribution in [1.82, 2.24) is 0 Å². The van der Waals surface area contributed by atoms with Crippen molar-refractivity contribution < 1.29 is 28.5 Å². The molecule has 2 aromatic carbocycles. The van der Waals surface area contributed by atoms with Crippen molar-refractivity contribution in [1.29, 1.82) is 0 Å². The highest BCUT2D eigenvalue weighted by Crippen LogP contribution is 2.28. The second-order valence-electron chi connectivity index (χ2n) is 7.47. The molecule has 1 aliphatic rings. The monoisotopic (exact) mass is 400 g/mol. The lowest BCUT2D eigenvalue weighted by Crippen LogP contribution is -2.43. The van der Waals surface area contributed by atoms with Crippen LogP contribution in [0.2, 0.25) is 0 Å². The van der Waals surface area contributed by atoms with Gasteiger partial charge in [-0.25, -0.2) is 4.79 Å². The number of carbonyl (C=O) groups excluding carboxylic acids is 1. The molecule has 2 aromatic rings. The summed E-state index contributed by atoms with van der Waals surface area (Å²) in [6, 6.07) is 16.5. The van der Waals surface area contributed by atoms with Crippen LogP contribution in [0.15, 0.2) is 54.6 Å². The highest BCUT2D eigenvalue weighted by molar-refractivity contribution is 5.89. The Balaban J connectivity index is 1.68. The summed E-state index contributed by atoms with van der Waals surface area (Å²) in [4.78, 5) is 12.6. The van der Waals surface area contributed by atoms with Crippen molar-refractivity contribution in [2.24, 2.45) is 0 Å². The third-order valence-electron chi connectivity index (χ3n) is 4.78. The molecule has 1 aliphatic heterocycles. The number of rotatable bonds is 8. The Morgan fingerprint density at radius 3 is 2.41 bits per heavy atom. The lowest BCUT2D eigenvalue weighted by molar-refractivity contribution is -0.165. The molecule has 0 spiro atoms. The maximum atomic E-state index is 12.6. The maximum Gasteiger partial charge on any atom is 0.338 e. The van der Waals surface area contributed by atoms with Crippen LogP contribution in [0.25, 0.3) is 0 Å². The minimum absolute atomic E-state index is 0.329. The zero-order valence-electron chi connectivity index (χ0n) is 17.3. The Morgan fingerprint density at radius 1 is 1.14 bits per heavy atom. The van der Waals surface area contributed by atoms with Crippen molar-refractivity contribution in [2.45, 2.75) is 51.5 Å². The molecule has 0 saturated carbocycles. The third kappa shape index (κ3) is 5.79. The fourth-order valence-electron chi connectivity index (χ4n) is 3.16. The molecule has 29 heavy (non-hydrogen) atoms. The van der Waals surface area contributed by atoms with Gasteiger partial charge in [0.05, 0.1) is 32.0 Å². The molecule has 0 amide bonds. The molecule has 156 valence electrons. The van der Waals surface area contributed by atoms with Crippen LogP contribution in [0.1, 0.15) is 36.7 Å². The van der Waals surface area contributed by atoms with Gasteiger partial charge in [-0.05, 0) is 50.6 Å². The second-order valence-corrected chi connectivity index (χ2v) is 7.47. The Morgan fingerprint density at radius 2 is 1.83 bits per heavy atom. The van der Waals surface area contributed by atoms with Crippen molar-refractivity contribution >= 4 is 5.97 Å². The number of hydrogen-bond acceptors (Lipinski definition) is 6. The van der Waals surface area contributed by atoms with E-state index >= 15 is 0 Å². The van der Waals surface area contributed by atoms with Crippen LogP contribution >= 0.6 is 0 Å². The molecule has 6 nitrogen and oxygen atoms in total. The number of carbonyl (C=O) groups is 1. The van der Waals surface area contributed by atoms with E-state index < -0.39 is 30.1 Å². The van der Waals surface area contributed by atoms with Crippen molar-refractivity contribution in [3.63, 3.8) is 0 Å². The highest BCUT2D eigenvalue weighted by Gasteiger charge is 2.42. The quantitative estimate of drug-likeness (QED) is 0.625. The second kappa shape index (κ2) is 9.39. The zero-order valence-corrected chi connectivity index (χ0v) is 17.3. The average molecular weight is 400 g/mol. The van der Waals surface area contributed by atoms with Crippen LogP contribution in [0.5, 0.6) is 5.75 Å². The molecule has 0 radical (unpaired) electrons. The molecule has 3 rings (SSSR count). The van der Waals surface area contributed by atoms with Gasteiger partial charge in [-0.1, -0.05) is 30.3 Å². The number of esters is 1. The molecule has 1 saturated heterocycles. The van der Waals surface area contributed by atoms with Gasteiger partial charge in [-0.3, -0.25) is 0 Å². The van der Waals surface area contributed by atoms with Crippen molar-refractivity contribution in [3.05, 3.63) is 65.7 Å². The van der Waals surface area contributed by atoms with Gasteiger partial charge in [0.15, 0.2) is 11.9 Å². The predicted molar refractivity (Wildman–Crippen MR) is 108 cm³/mol. The van der Waals surface area contributed by atoms with Crippen LogP contribution < -0.4 is 4.74 Å². The van der Waals surface area contributed by atoms with Crippen LogP contribution in [-0.4, -0.2) is 43.8 Å². The summed E-state index contributed by atoms with van der Waals surface area (Å²) in [6.07, 6.45) is -1.42. The Bertz CT molecular complexity index is 787. The fourth-order valence-corrected chi connectivity index (χ4v) is 3.16. The van der Waals surface area contributed by atoms with E-state index in [1.807, 2.05) is 51.1 Å². The number of hydrogen-bond donors (Lipinski definition) is 0. The predicted octanol–water partition coefficient (Wildman–Crippen LogP) is 3.98. The summed E-state index contributed by atoms with van der Waals surface area (Å²) in [5.74, 6) is -0.350. The number of methoxy groups -OCH3 is 1. The van der Waals surface area contributed by atoms with Gasteiger partial charge in [0, 0.05) is 0 Å². The van der Waals surface area contributed by atoms with Crippen LogP contribution in [0, 0.1) is 0 Å². The number of benzene rings is 2. The first kappa shape index (κ1) is 21.3. The zero-order chi connectivity index (χ0) is 20.9. The van der Waals surface area contributed by atoms with Gasteiger partial charge >= 0.3 is 5.97 Å². The third-order valence-corrected chi connectivity index (χ3v) is 4.78. The first-order valence-corrected chi connectivity index (χ1v) is 9.70. The van der Waals surface area contributed by atoms with Gasteiger partial charge in [0.1, 0.15) is 11.9 Å². The summed E-state index contributed by atoms with van der Waals surface area (Å²) >= 11 is 0. The van der Waals surface area contributed by atoms with Gasteiger partial charge < -0.3 is 23.7 Å². The van der Waals surface area contributed by atoms with E-state index in [0.29, 0.717) is 18.8 Å². The smallest absolute Gasteiger partial charge is 0.338 e. The van der Waals surface area contributed by atoms with Crippen LogP contribution in [0.3, 0.4) is 0 Å². The molecular weight excluding hydrogens is 372 g/mol. The molecule has 0 aromatic heterocycles. The first-order chi connectivity index (χ1) is 13.9. The van der Waals surface area contributed by atoms with Crippen molar-refractivity contribution in [2.75, 3.05) is 13.7 Å². The molecular formula is C23H28O6. The first-order valence-electron chi connectivity index (χ1n) is 9.70. The summed E-state index contributed by atoms with van der Waals surface area (Å²) in [5, 5.41) is 0. The van der Waals surface area contributed by atoms with E-state index in [1.54, 1.807) is 31.4 Å². The topological polar surface area (TPSA) is 63.2 Å². The molecule has 0 bridgehead atoms. The summed E-state index contributed by atoms with van der Waals surface area (Å²) in [7, 11) is 1.63. The van der Waals surface area contributed by atoms with E-state index in [0.717, 1.165) is 11.3 Å². The largest absolute Gasteiger partial charge is 0.497 e. The van der Waals surface area contributed by atoms with Gasteiger partial charge in [0.2, 0.25) is 0 Å². The Hall–Kier alpha value is -2.41. The standard InChI is InChI=1S/C23H28O6/c1-16(26-14-17-10-12-19(25-4)13-11-17)21(20-15-27-23(2,3)29-20)28-22(24)18-8-6-5-7-9-18/h5-13,16,20-21H,14-15H2,1-4H3/t16-,20+,21-/m0/s1. The van der Waals surface area contributed by atoms with Gasteiger partial charge in [-0.15, -0.1) is 0 Å².